The van der Waals surface area contributed by atoms with Crippen molar-refractivity contribution in [3.63, 3.8) is 0 Å². The van der Waals surface area contributed by atoms with Gasteiger partial charge in [0, 0.05) is 49.3 Å². The number of para-hydroxylation sites is 6. The molecule has 0 atom stereocenters. The van der Waals surface area contributed by atoms with E-state index in [2.05, 4.69) is 216 Å². The normalized spacial score (nSPS) is 12.3. The Balaban J connectivity index is 1.25. The van der Waals surface area contributed by atoms with E-state index in [0.29, 0.717) is 0 Å². The number of rotatable bonds is 4. The molecule has 3 heterocycles. The minimum absolute atomic E-state index is 0.121. The van der Waals surface area contributed by atoms with Gasteiger partial charge in [-0.05, 0) is 83.3 Å². The van der Waals surface area contributed by atoms with Gasteiger partial charge in [0.2, 0.25) is 0 Å². The van der Waals surface area contributed by atoms with Crippen LogP contribution in [0.5, 0.6) is 0 Å². The van der Waals surface area contributed by atoms with Crippen molar-refractivity contribution in [2.24, 2.45) is 0 Å². The van der Waals surface area contributed by atoms with E-state index in [9.17, 15) is 0 Å². The van der Waals surface area contributed by atoms with Gasteiger partial charge in [-0.1, -0.05) is 136 Å². The summed E-state index contributed by atoms with van der Waals surface area (Å²) in [5, 5.41) is 7.61. The summed E-state index contributed by atoms with van der Waals surface area (Å²) in [6, 6.07) is 66.8. The minimum Gasteiger partial charge on any atom is -0.309 e. The number of hydrogen-bond acceptors (Lipinski definition) is 0. The Labute approximate surface area is 319 Å². The summed E-state index contributed by atoms with van der Waals surface area (Å²) < 4.78 is 7.38. The molecule has 11 aromatic rings. The van der Waals surface area contributed by atoms with Crippen molar-refractivity contribution < 1.29 is 0 Å². The van der Waals surface area contributed by atoms with Crippen LogP contribution in [-0.2, 0) is 5.41 Å². The van der Waals surface area contributed by atoms with E-state index in [-0.39, 0.29) is 5.41 Å². The van der Waals surface area contributed by atoms with Crippen molar-refractivity contribution in [3.05, 3.63) is 188 Å². The van der Waals surface area contributed by atoms with Gasteiger partial charge in [-0.2, -0.15) is 0 Å². The summed E-state index contributed by atoms with van der Waals surface area (Å²) in [6.45, 7) is 7.02. The van der Waals surface area contributed by atoms with Crippen LogP contribution in [0.2, 0.25) is 0 Å². The van der Waals surface area contributed by atoms with Gasteiger partial charge in [0.15, 0.2) is 0 Å². The molecule has 0 aliphatic heterocycles. The fraction of sp³-hybridized carbons (Fsp3) is 0.0769. The molecule has 262 valence electrons. The fourth-order valence-electron chi connectivity index (χ4n) is 9.23. The second-order valence-electron chi connectivity index (χ2n) is 15.8. The van der Waals surface area contributed by atoms with Crippen molar-refractivity contribution >= 4 is 65.4 Å². The molecule has 3 nitrogen and oxygen atoms in total. The maximum atomic E-state index is 2.56. The predicted octanol–water partition coefficient (Wildman–Crippen LogP) is 13.9. The molecule has 0 saturated carbocycles. The Bertz CT molecular complexity index is 3280. The van der Waals surface area contributed by atoms with E-state index in [1.54, 1.807) is 0 Å². The van der Waals surface area contributed by atoms with E-state index in [4.69, 9.17) is 0 Å². The van der Waals surface area contributed by atoms with Gasteiger partial charge in [0.25, 0.3) is 0 Å². The van der Waals surface area contributed by atoms with Crippen molar-refractivity contribution in [3.8, 4) is 28.2 Å². The third kappa shape index (κ3) is 4.63. The second kappa shape index (κ2) is 11.8. The summed E-state index contributed by atoms with van der Waals surface area (Å²) in [6.07, 6.45) is 0. The number of aromatic nitrogens is 3. The Kier molecular flexibility index (Phi) is 6.81. The highest BCUT2D eigenvalue weighted by molar-refractivity contribution is 6.29. The smallest absolute Gasteiger partial charge is 0.0577 e. The lowest BCUT2D eigenvalue weighted by atomic mass is 9.83. The molecule has 55 heavy (non-hydrogen) atoms. The highest BCUT2D eigenvalue weighted by Crippen LogP contribution is 2.46. The molecule has 0 amide bonds. The number of nitrogens with zero attached hydrogens (tertiary/aromatic N) is 3. The number of benzene rings is 8. The summed E-state index contributed by atoms with van der Waals surface area (Å²) in [4.78, 5) is 0. The summed E-state index contributed by atoms with van der Waals surface area (Å²) in [7, 11) is 0. The van der Waals surface area contributed by atoms with Crippen LogP contribution in [0.15, 0.2) is 182 Å². The second-order valence-corrected chi connectivity index (χ2v) is 15.8. The minimum atomic E-state index is -0.121. The number of fused-ring (bicyclic) bond motifs is 10. The highest BCUT2D eigenvalue weighted by atomic mass is 15.0. The first kappa shape index (κ1) is 31.7. The third-order valence-corrected chi connectivity index (χ3v) is 11.6. The lowest BCUT2D eigenvalue weighted by Gasteiger charge is -2.27. The third-order valence-electron chi connectivity index (χ3n) is 11.6. The van der Waals surface area contributed by atoms with Crippen LogP contribution in [0, 0.1) is 0 Å². The average Bonchev–Trinajstić information content (AvgIpc) is 3.86. The van der Waals surface area contributed by atoms with Crippen LogP contribution in [-0.4, -0.2) is 13.7 Å². The van der Waals surface area contributed by atoms with Crippen LogP contribution >= 0.6 is 0 Å². The summed E-state index contributed by atoms with van der Waals surface area (Å²) >= 11 is 0. The van der Waals surface area contributed by atoms with Crippen LogP contribution in [0.25, 0.3) is 93.6 Å². The van der Waals surface area contributed by atoms with Crippen LogP contribution in [0.3, 0.4) is 0 Å². The zero-order chi connectivity index (χ0) is 36.8. The molecule has 11 rings (SSSR count). The average molecular weight is 706 g/mol. The topological polar surface area (TPSA) is 14.8 Å². The van der Waals surface area contributed by atoms with E-state index in [1.165, 1.54) is 99.2 Å². The Morgan fingerprint density at radius 2 is 0.800 bits per heavy atom. The van der Waals surface area contributed by atoms with Gasteiger partial charge in [0.05, 0.1) is 38.8 Å². The van der Waals surface area contributed by atoms with Gasteiger partial charge < -0.3 is 13.7 Å². The van der Waals surface area contributed by atoms with E-state index < -0.39 is 0 Å². The van der Waals surface area contributed by atoms with Crippen LogP contribution < -0.4 is 0 Å². The molecule has 3 aromatic heterocycles. The molecule has 0 aliphatic rings. The predicted molar refractivity (Wildman–Crippen MR) is 234 cm³/mol. The Hall–Kier alpha value is -6.84. The molecule has 0 fully saturated rings. The number of hydrogen-bond donors (Lipinski definition) is 0. The molecule has 0 bridgehead atoms. The summed E-state index contributed by atoms with van der Waals surface area (Å²) in [5.41, 5.74) is 14.5. The highest BCUT2D eigenvalue weighted by Gasteiger charge is 2.27. The first-order valence-electron chi connectivity index (χ1n) is 19.2. The molecule has 0 unspecified atom stereocenters. The van der Waals surface area contributed by atoms with Crippen LogP contribution in [0.1, 0.15) is 26.3 Å². The van der Waals surface area contributed by atoms with Gasteiger partial charge in [-0.25, -0.2) is 0 Å². The molecule has 0 aliphatic carbocycles. The zero-order valence-corrected chi connectivity index (χ0v) is 31.2. The maximum Gasteiger partial charge on any atom is 0.0577 e. The molecule has 0 radical (unpaired) electrons. The molecular formula is C52H39N3. The Morgan fingerprint density at radius 1 is 0.345 bits per heavy atom. The van der Waals surface area contributed by atoms with E-state index in [0.717, 1.165) is 0 Å². The van der Waals surface area contributed by atoms with Crippen molar-refractivity contribution in [2.45, 2.75) is 26.2 Å². The zero-order valence-electron chi connectivity index (χ0n) is 31.2. The fourth-order valence-corrected chi connectivity index (χ4v) is 9.23. The molecule has 0 spiro atoms. The van der Waals surface area contributed by atoms with E-state index >= 15 is 0 Å². The largest absolute Gasteiger partial charge is 0.309 e. The quantitative estimate of drug-likeness (QED) is 0.173. The van der Waals surface area contributed by atoms with Gasteiger partial charge in [0.1, 0.15) is 0 Å². The first-order valence-corrected chi connectivity index (χ1v) is 19.2. The lowest BCUT2D eigenvalue weighted by molar-refractivity contribution is 0.588. The first-order chi connectivity index (χ1) is 27.0. The summed E-state index contributed by atoms with van der Waals surface area (Å²) in [5.74, 6) is 0. The SMILES string of the molecule is CC(C)(C)c1cccc(-c2ccc3c(c2)c2ccccc2n3-c2ccccc2)c1-n1c2ccccc2c2c3c4ccccc4n(-c4ccccc4)c3ccc21. The molecule has 0 N–H and O–H groups in total. The van der Waals surface area contributed by atoms with Gasteiger partial charge in [-0.15, -0.1) is 0 Å². The van der Waals surface area contributed by atoms with Crippen molar-refractivity contribution in [1.29, 1.82) is 0 Å². The molecule has 0 saturated heterocycles. The van der Waals surface area contributed by atoms with Crippen molar-refractivity contribution in [1.82, 2.24) is 13.7 Å². The molecule has 3 heteroatoms. The molecule has 8 aromatic carbocycles. The molecular weight excluding hydrogens is 667 g/mol. The lowest BCUT2D eigenvalue weighted by Crippen LogP contribution is -2.16. The monoisotopic (exact) mass is 705 g/mol. The Morgan fingerprint density at radius 3 is 1.40 bits per heavy atom. The standard InChI is InChI=1S/C52H39N3/c1-52(2,3)42-25-16-24-37(34-29-30-46-41(33-34)38-21-10-13-26-43(38)53(46)35-17-6-4-7-18-35)51(42)55-45-28-15-12-23-40(45)50-48(55)32-31-47-49(50)39-22-11-14-27-44(39)54(47)36-19-8-5-9-20-36/h4-33H,1-3H3. The van der Waals surface area contributed by atoms with Gasteiger partial charge in [-0.3, -0.25) is 0 Å². The van der Waals surface area contributed by atoms with Gasteiger partial charge >= 0.3 is 0 Å². The maximum absolute atomic E-state index is 2.56. The van der Waals surface area contributed by atoms with Crippen LogP contribution in [0.4, 0.5) is 0 Å². The van der Waals surface area contributed by atoms with Crippen molar-refractivity contribution in [2.75, 3.05) is 0 Å². The van der Waals surface area contributed by atoms with E-state index in [1.807, 2.05) is 0 Å².